The first-order chi connectivity index (χ1) is 7.22. The molecule has 0 aliphatic heterocycles. The molecule has 2 aromatic rings. The third-order valence-corrected chi connectivity index (χ3v) is 3.11. The minimum absolute atomic E-state index is 0.662. The van der Waals surface area contributed by atoms with Crippen molar-refractivity contribution >= 4 is 11.5 Å². The fourth-order valence-electron chi connectivity index (χ4n) is 1.33. The average molecular weight is 224 g/mol. The van der Waals surface area contributed by atoms with Crippen LogP contribution in [0.5, 0.6) is 0 Å². The van der Waals surface area contributed by atoms with Crippen molar-refractivity contribution in [2.24, 2.45) is 0 Å². The minimum atomic E-state index is -0.662. The Morgan fingerprint density at radius 2 is 2.40 bits per heavy atom. The predicted octanol–water partition coefficient (Wildman–Crippen LogP) is 1.14. The molecule has 0 amide bonds. The second-order valence-electron chi connectivity index (χ2n) is 3.25. The largest absolute Gasteiger partial charge is 0.383 e. The Kier molecular flexibility index (Phi) is 2.79. The van der Waals surface area contributed by atoms with Crippen LogP contribution in [0.25, 0.3) is 0 Å². The third kappa shape index (κ3) is 1.91. The Labute approximate surface area is 91.5 Å². The average Bonchev–Trinajstić information content (AvgIpc) is 2.84. The highest BCUT2D eigenvalue weighted by atomic mass is 32.1. The molecule has 1 N–H and O–H groups in total. The van der Waals surface area contributed by atoms with Gasteiger partial charge in [-0.3, -0.25) is 4.68 Å². The van der Waals surface area contributed by atoms with Gasteiger partial charge in [0.05, 0.1) is 16.8 Å². The summed E-state index contributed by atoms with van der Waals surface area (Å²) in [6.45, 7) is 4.64. The Hall–Kier alpha value is -1.27. The van der Waals surface area contributed by atoms with Gasteiger partial charge in [0.15, 0.2) is 0 Å². The van der Waals surface area contributed by atoms with Crippen LogP contribution in [0.2, 0.25) is 0 Å². The molecule has 5 nitrogen and oxygen atoms in total. The van der Waals surface area contributed by atoms with Gasteiger partial charge in [-0.05, 0) is 25.4 Å². The number of aryl methyl sites for hydroxylation is 2. The quantitative estimate of drug-likeness (QED) is 0.849. The maximum Gasteiger partial charge on any atom is 0.120 e. The van der Waals surface area contributed by atoms with Crippen LogP contribution < -0.4 is 0 Å². The monoisotopic (exact) mass is 224 g/mol. The lowest BCUT2D eigenvalue weighted by atomic mass is 10.1. The van der Waals surface area contributed by atoms with Crippen molar-refractivity contribution in [3.63, 3.8) is 0 Å². The number of rotatable bonds is 3. The maximum atomic E-state index is 10.0. The van der Waals surface area contributed by atoms with Crippen LogP contribution >= 0.6 is 11.5 Å². The lowest BCUT2D eigenvalue weighted by Crippen LogP contribution is -1.98. The number of nitrogens with zero attached hydrogens (tertiary/aromatic N) is 4. The zero-order valence-corrected chi connectivity index (χ0v) is 9.40. The van der Waals surface area contributed by atoms with Crippen molar-refractivity contribution < 1.29 is 5.11 Å². The molecule has 2 aromatic heterocycles. The molecule has 2 heterocycles. The molecule has 2 rings (SSSR count). The molecule has 0 aliphatic rings. The normalized spacial score (nSPS) is 13.0. The summed E-state index contributed by atoms with van der Waals surface area (Å²) >= 11 is 1.22. The summed E-state index contributed by atoms with van der Waals surface area (Å²) in [5.74, 6) is 0. The van der Waals surface area contributed by atoms with Gasteiger partial charge in [-0.1, -0.05) is 4.49 Å². The molecule has 0 radical (unpaired) electrons. The molecule has 0 saturated carbocycles. The van der Waals surface area contributed by atoms with Gasteiger partial charge in [-0.15, -0.1) is 5.10 Å². The first-order valence-electron chi connectivity index (χ1n) is 4.71. The smallest absolute Gasteiger partial charge is 0.120 e. The summed E-state index contributed by atoms with van der Waals surface area (Å²) in [5.41, 5.74) is 1.56. The van der Waals surface area contributed by atoms with Gasteiger partial charge in [0.2, 0.25) is 0 Å². The second kappa shape index (κ2) is 4.08. The number of hydrogen-bond donors (Lipinski definition) is 1. The lowest BCUT2D eigenvalue weighted by Gasteiger charge is -2.04. The number of aliphatic hydroxyl groups is 1. The van der Waals surface area contributed by atoms with Gasteiger partial charge in [0.1, 0.15) is 6.10 Å². The number of aromatic nitrogens is 4. The highest BCUT2D eigenvalue weighted by Crippen LogP contribution is 2.25. The fourth-order valence-corrected chi connectivity index (χ4v) is 1.99. The highest BCUT2D eigenvalue weighted by molar-refractivity contribution is 7.05. The van der Waals surface area contributed by atoms with E-state index in [4.69, 9.17) is 0 Å². The summed E-state index contributed by atoms with van der Waals surface area (Å²) < 4.78 is 5.58. The molecule has 6 heteroatoms. The summed E-state index contributed by atoms with van der Waals surface area (Å²) in [5, 5.41) is 18.0. The van der Waals surface area contributed by atoms with Crippen LogP contribution in [-0.2, 0) is 6.54 Å². The van der Waals surface area contributed by atoms with Crippen LogP contribution in [0.1, 0.15) is 29.2 Å². The van der Waals surface area contributed by atoms with Crippen molar-refractivity contribution in [1.82, 2.24) is 19.4 Å². The van der Waals surface area contributed by atoms with E-state index < -0.39 is 6.10 Å². The zero-order valence-electron chi connectivity index (χ0n) is 8.58. The number of aliphatic hydroxyl groups excluding tert-OH is 1. The van der Waals surface area contributed by atoms with E-state index >= 15 is 0 Å². The summed E-state index contributed by atoms with van der Waals surface area (Å²) in [6, 6.07) is 0. The van der Waals surface area contributed by atoms with E-state index in [9.17, 15) is 5.11 Å². The molecule has 1 atom stereocenters. The van der Waals surface area contributed by atoms with Crippen molar-refractivity contribution in [1.29, 1.82) is 0 Å². The second-order valence-corrected chi connectivity index (χ2v) is 4.04. The van der Waals surface area contributed by atoms with Crippen LogP contribution in [0.15, 0.2) is 12.4 Å². The molecule has 0 aliphatic carbocycles. The van der Waals surface area contributed by atoms with E-state index in [0.717, 1.165) is 22.7 Å². The molecular weight excluding hydrogens is 212 g/mol. The van der Waals surface area contributed by atoms with Gasteiger partial charge in [-0.2, -0.15) is 5.10 Å². The van der Waals surface area contributed by atoms with Crippen molar-refractivity contribution in [2.45, 2.75) is 26.5 Å². The molecular formula is C9H12N4OS. The van der Waals surface area contributed by atoms with Gasteiger partial charge in [0.25, 0.3) is 0 Å². The zero-order chi connectivity index (χ0) is 10.8. The summed E-state index contributed by atoms with van der Waals surface area (Å²) in [7, 11) is 0. The van der Waals surface area contributed by atoms with Gasteiger partial charge >= 0.3 is 0 Å². The number of hydrogen-bond acceptors (Lipinski definition) is 5. The Bertz CT molecular complexity index is 450. The molecule has 0 spiro atoms. The van der Waals surface area contributed by atoms with Gasteiger partial charge in [-0.25, -0.2) is 0 Å². The maximum absolute atomic E-state index is 10.0. The molecule has 15 heavy (non-hydrogen) atoms. The van der Waals surface area contributed by atoms with E-state index in [1.54, 1.807) is 10.9 Å². The van der Waals surface area contributed by atoms with Crippen LogP contribution in [-0.4, -0.2) is 24.5 Å². The van der Waals surface area contributed by atoms with E-state index in [-0.39, 0.29) is 0 Å². The SMILES string of the molecule is CCn1cc(C(O)c2snnc2C)cn1. The molecule has 0 aromatic carbocycles. The topological polar surface area (TPSA) is 63.8 Å². The van der Waals surface area contributed by atoms with Crippen LogP contribution in [0.4, 0.5) is 0 Å². The van der Waals surface area contributed by atoms with E-state index in [0.29, 0.717) is 0 Å². The van der Waals surface area contributed by atoms with Crippen molar-refractivity contribution in [2.75, 3.05) is 0 Å². The summed E-state index contributed by atoms with van der Waals surface area (Å²) in [4.78, 5) is 0.783. The van der Waals surface area contributed by atoms with Gasteiger partial charge < -0.3 is 5.11 Å². The van der Waals surface area contributed by atoms with Crippen LogP contribution in [0, 0.1) is 6.92 Å². The van der Waals surface area contributed by atoms with Crippen molar-refractivity contribution in [3.8, 4) is 0 Å². The van der Waals surface area contributed by atoms with Gasteiger partial charge in [0, 0.05) is 18.3 Å². The Morgan fingerprint density at radius 3 is 2.93 bits per heavy atom. The van der Waals surface area contributed by atoms with Crippen molar-refractivity contribution in [3.05, 3.63) is 28.5 Å². The standard InChI is InChI=1S/C9H12N4OS/c1-3-13-5-7(4-10-13)8(14)9-6(2)11-12-15-9/h4-5,8,14H,3H2,1-2H3. The molecule has 0 fully saturated rings. The molecule has 0 bridgehead atoms. The molecule has 80 valence electrons. The van der Waals surface area contributed by atoms with E-state index in [1.807, 2.05) is 20.0 Å². The first-order valence-corrected chi connectivity index (χ1v) is 5.49. The van der Waals surface area contributed by atoms with Crippen LogP contribution in [0.3, 0.4) is 0 Å². The Morgan fingerprint density at radius 1 is 1.60 bits per heavy atom. The first kappa shape index (κ1) is 10.3. The lowest BCUT2D eigenvalue weighted by molar-refractivity contribution is 0.223. The minimum Gasteiger partial charge on any atom is -0.383 e. The third-order valence-electron chi connectivity index (χ3n) is 2.23. The molecule has 0 saturated heterocycles. The van der Waals surface area contributed by atoms with E-state index in [1.165, 1.54) is 11.5 Å². The summed E-state index contributed by atoms with van der Waals surface area (Å²) in [6.07, 6.45) is 2.85. The highest BCUT2D eigenvalue weighted by Gasteiger charge is 2.17. The Balaban J connectivity index is 2.28. The predicted molar refractivity (Wildman–Crippen MR) is 56.6 cm³/mol. The molecule has 1 unspecified atom stereocenters. The van der Waals surface area contributed by atoms with E-state index in [2.05, 4.69) is 14.7 Å². The fraction of sp³-hybridized carbons (Fsp3) is 0.444.